The number of hydrogen-bond acceptors (Lipinski definition) is 16. The minimum atomic E-state index is -1.97. The number of cyclic esters (lactones) is 2. The van der Waals surface area contributed by atoms with Gasteiger partial charge in [-0.25, -0.2) is 9.59 Å². The van der Waals surface area contributed by atoms with Crippen LogP contribution in [0.2, 0.25) is 0 Å². The molecule has 4 heterocycles. The Kier molecular flexibility index (Phi) is 12.1. The Hall–Kier alpha value is -7.83. The molecule has 0 bridgehead atoms. The molecule has 2 aliphatic rings. The highest BCUT2D eigenvalue weighted by Gasteiger charge is 2.49. The number of nitrogens with two attached hydrogens (primary N) is 1. The van der Waals surface area contributed by atoms with Gasteiger partial charge in [0.15, 0.2) is 0 Å². The van der Waals surface area contributed by atoms with E-state index in [1.165, 1.54) is 6.92 Å². The van der Waals surface area contributed by atoms with Gasteiger partial charge in [-0.15, -0.1) is 0 Å². The van der Waals surface area contributed by atoms with Crippen molar-refractivity contribution in [2.24, 2.45) is 0 Å². The Morgan fingerprint density at radius 1 is 0.597 bits per heavy atom. The van der Waals surface area contributed by atoms with Gasteiger partial charge in [0, 0.05) is 53.4 Å². The van der Waals surface area contributed by atoms with E-state index in [1.54, 1.807) is 123 Å². The van der Waals surface area contributed by atoms with Crippen molar-refractivity contribution in [3.63, 3.8) is 0 Å². The zero-order chi connectivity index (χ0) is 46.9. The smallest absolute Gasteiger partial charge is 0.342 e. The van der Waals surface area contributed by atoms with Gasteiger partial charge in [-0.05, 0) is 119 Å². The highest BCUT2D eigenvalue weighted by atomic mass is 32.1. The number of amides is 1. The monoisotopic (exact) mass is 932 g/mol. The van der Waals surface area contributed by atoms with Crippen LogP contribution < -0.4 is 20.5 Å². The molecule has 0 aliphatic carbocycles. The summed E-state index contributed by atoms with van der Waals surface area (Å²) in [6.07, 6.45) is 0.522. The number of aliphatic hydroxyl groups is 2. The second-order valence-corrected chi connectivity index (χ2v) is 16.7. The molecule has 10 rings (SSSR count). The molecule has 6 aromatic carbocycles. The van der Waals surface area contributed by atoms with E-state index in [2.05, 4.69) is 22.8 Å². The third-order valence-electron chi connectivity index (χ3n) is 11.4. The van der Waals surface area contributed by atoms with Gasteiger partial charge < -0.3 is 40.2 Å². The molecule has 0 spiro atoms. The molecule has 1 amide bonds. The molecule has 336 valence electrons. The predicted octanol–water partition coefficient (Wildman–Crippen LogP) is 7.74. The average Bonchev–Trinajstić information content (AvgIpc) is 4.12. The molecule has 8 aromatic rings. The van der Waals surface area contributed by atoms with E-state index in [9.17, 15) is 24.6 Å². The number of benzene rings is 6. The molecule has 2 aromatic heterocycles. The van der Waals surface area contributed by atoms with Gasteiger partial charge in [0.05, 0.1) is 48.8 Å². The Bertz CT molecular complexity index is 3240. The van der Waals surface area contributed by atoms with E-state index in [1.807, 2.05) is 24.3 Å². The minimum Gasteiger partial charge on any atom is -0.497 e. The lowest BCUT2D eigenvalue weighted by Gasteiger charge is -2.26. The van der Waals surface area contributed by atoms with Crippen molar-refractivity contribution in [3.8, 4) is 11.5 Å². The molecule has 0 fully saturated rings. The summed E-state index contributed by atoms with van der Waals surface area (Å²) < 4.78 is 38.7. The summed E-state index contributed by atoms with van der Waals surface area (Å²) in [7, 11) is 3.12. The van der Waals surface area contributed by atoms with E-state index in [0.717, 1.165) is 45.6 Å². The lowest BCUT2D eigenvalue weighted by Crippen LogP contribution is -2.29. The number of methoxy groups -OCH3 is 2. The minimum absolute atomic E-state index is 0.168. The number of rotatable bonds is 11. The topological polar surface area (TPSA) is 218 Å². The Morgan fingerprint density at radius 2 is 1.00 bits per heavy atom. The van der Waals surface area contributed by atoms with Crippen LogP contribution in [0.15, 0.2) is 145 Å². The Balaban J connectivity index is 0.000000169. The molecule has 0 saturated carbocycles. The predicted molar refractivity (Wildman–Crippen MR) is 254 cm³/mol. The number of nitrogens with zero attached hydrogens (tertiary/aromatic N) is 4. The lowest BCUT2D eigenvalue weighted by atomic mass is 9.88. The first-order valence-corrected chi connectivity index (χ1v) is 22.2. The van der Waals surface area contributed by atoms with Crippen LogP contribution in [0.25, 0.3) is 33.2 Å². The van der Waals surface area contributed by atoms with Gasteiger partial charge in [-0.2, -0.15) is 17.5 Å². The molecule has 2 unspecified atom stereocenters. The highest BCUT2D eigenvalue weighted by molar-refractivity contribution is 7.00. The normalized spacial score (nSPS) is 17.9. The van der Waals surface area contributed by atoms with Crippen molar-refractivity contribution in [3.05, 3.63) is 178 Å². The summed E-state index contributed by atoms with van der Waals surface area (Å²) in [5.74, 6) is -4.04. The quantitative estimate of drug-likeness (QED) is 0.0721. The maximum Gasteiger partial charge on any atom is 0.342 e. The van der Waals surface area contributed by atoms with Crippen LogP contribution in [0.5, 0.6) is 11.5 Å². The van der Waals surface area contributed by atoms with Gasteiger partial charge in [0.2, 0.25) is 5.91 Å². The fraction of sp³-hybridized carbons (Fsp3) is 0.140. The third-order valence-corrected chi connectivity index (χ3v) is 12.5. The Morgan fingerprint density at radius 3 is 1.40 bits per heavy atom. The number of esters is 2. The third kappa shape index (κ3) is 8.83. The van der Waals surface area contributed by atoms with Gasteiger partial charge >= 0.3 is 11.9 Å². The lowest BCUT2D eigenvalue weighted by molar-refractivity contribution is -0.186. The van der Waals surface area contributed by atoms with Gasteiger partial charge in [-0.3, -0.25) is 4.79 Å². The van der Waals surface area contributed by atoms with Crippen LogP contribution in [0, 0.1) is 0 Å². The summed E-state index contributed by atoms with van der Waals surface area (Å²) in [6.45, 7) is 1.44. The zero-order valence-corrected chi connectivity index (χ0v) is 37.7. The molecule has 17 heteroatoms. The summed E-state index contributed by atoms with van der Waals surface area (Å²) in [4.78, 5) is 37.6. The van der Waals surface area contributed by atoms with E-state index in [4.69, 9.17) is 24.7 Å². The SMILES string of the molecule is COc1ccc(C2(O)OC(=O)C(c3ccc4nsnc4c3)=C2Cc2ccc(N)cc2)cc1.COc1ccc(C2(O)OC(=O)C(c3ccc4nsnc4c3)=C2Cc2ccc(NC(C)=O)cc2)cc1. The summed E-state index contributed by atoms with van der Waals surface area (Å²) in [6, 6.07) is 38.8. The molecule has 15 nitrogen and oxygen atoms in total. The number of fused-ring (bicyclic) bond motifs is 2. The van der Waals surface area contributed by atoms with Crippen molar-refractivity contribution >= 4 is 85.9 Å². The number of aromatic nitrogens is 4. The number of nitrogen functional groups attached to an aromatic ring is 1. The number of anilines is 2. The van der Waals surface area contributed by atoms with Crippen LogP contribution in [0.3, 0.4) is 0 Å². The number of carbonyl (C=O) groups is 3. The fourth-order valence-electron chi connectivity index (χ4n) is 8.01. The average molecular weight is 933 g/mol. The van der Waals surface area contributed by atoms with Crippen molar-refractivity contribution in [1.29, 1.82) is 0 Å². The maximum atomic E-state index is 13.2. The van der Waals surface area contributed by atoms with E-state index in [0.29, 0.717) is 72.9 Å². The van der Waals surface area contributed by atoms with Gasteiger partial charge in [-0.1, -0.05) is 36.4 Å². The molecule has 2 atom stereocenters. The number of nitrogens with one attached hydrogen (secondary N) is 1. The standard InChI is InChI=1S/C26H21N3O5S.C24H19N3O4S/c1-15(30)27-19-8-3-16(4-9-19)13-21-24(17-5-12-22-23(14-17)29-35-28-22)25(31)34-26(21,32)18-6-10-20(33-2)11-7-18;1-30-18-9-5-16(6-10-18)24(29)19(12-14-2-7-17(25)8-3-14)22(23(28)31-24)15-4-11-20-21(13-15)27-32-26-20/h3-12,14,32H,13H2,1-2H3,(H,27,30);2-11,13,29H,12,25H2,1H3. The zero-order valence-electron chi connectivity index (χ0n) is 36.1. The van der Waals surface area contributed by atoms with Crippen molar-refractivity contribution in [2.75, 3.05) is 25.3 Å². The molecule has 5 N–H and O–H groups in total. The van der Waals surface area contributed by atoms with Crippen LogP contribution in [0.4, 0.5) is 11.4 Å². The number of carbonyl (C=O) groups excluding carboxylic acids is 3. The Labute approximate surface area is 391 Å². The van der Waals surface area contributed by atoms with Crippen LogP contribution in [-0.4, -0.2) is 59.8 Å². The highest BCUT2D eigenvalue weighted by Crippen LogP contribution is 2.47. The number of ether oxygens (including phenoxy) is 4. The summed E-state index contributed by atoms with van der Waals surface area (Å²) in [5, 5.41) is 26.2. The molecular weight excluding hydrogens is 893 g/mol. The van der Waals surface area contributed by atoms with Crippen LogP contribution in [0.1, 0.15) is 40.3 Å². The fourth-order valence-corrected chi connectivity index (χ4v) is 9.04. The van der Waals surface area contributed by atoms with Crippen LogP contribution >= 0.6 is 23.5 Å². The summed E-state index contributed by atoms with van der Waals surface area (Å²) >= 11 is 2.19. The van der Waals surface area contributed by atoms with Crippen molar-refractivity contribution in [2.45, 2.75) is 31.3 Å². The maximum absolute atomic E-state index is 13.2. The first-order valence-electron chi connectivity index (χ1n) is 20.7. The number of hydrogen-bond donors (Lipinski definition) is 4. The largest absolute Gasteiger partial charge is 0.497 e. The molecule has 0 saturated heterocycles. The van der Waals surface area contributed by atoms with Crippen molar-refractivity contribution < 1.29 is 43.5 Å². The summed E-state index contributed by atoms with van der Waals surface area (Å²) in [5.41, 5.74) is 15.1. The van der Waals surface area contributed by atoms with Crippen molar-refractivity contribution in [1.82, 2.24) is 17.5 Å². The molecule has 67 heavy (non-hydrogen) atoms. The molecule has 2 aliphatic heterocycles. The molecular formula is C50H40N6O9S2. The van der Waals surface area contributed by atoms with Gasteiger partial charge in [0.25, 0.3) is 11.6 Å². The second kappa shape index (κ2) is 18.2. The second-order valence-electron chi connectivity index (χ2n) is 15.6. The van der Waals surface area contributed by atoms with Gasteiger partial charge in [0.1, 0.15) is 33.6 Å². The van der Waals surface area contributed by atoms with E-state index < -0.39 is 23.5 Å². The van der Waals surface area contributed by atoms with E-state index >= 15 is 0 Å². The van der Waals surface area contributed by atoms with Crippen LogP contribution in [-0.2, 0) is 48.3 Å². The molecule has 0 radical (unpaired) electrons. The first kappa shape index (κ1) is 44.4. The van der Waals surface area contributed by atoms with E-state index in [-0.39, 0.29) is 24.3 Å². The first-order chi connectivity index (χ1) is 32.3.